The third-order valence-electron chi connectivity index (χ3n) is 2.09. The Morgan fingerprint density at radius 1 is 1.33 bits per heavy atom. The molecular weight excluding hydrogens is 230 g/mol. The van der Waals surface area contributed by atoms with E-state index in [0.717, 1.165) is 11.4 Å². The van der Waals surface area contributed by atoms with Crippen LogP contribution in [0.2, 0.25) is 4.34 Å². The summed E-state index contributed by atoms with van der Waals surface area (Å²) in [5.41, 5.74) is 1.97. The summed E-state index contributed by atoms with van der Waals surface area (Å²) < 4.78 is 4.47. The summed E-state index contributed by atoms with van der Waals surface area (Å²) in [4.78, 5) is 2.09. The summed E-state index contributed by atoms with van der Waals surface area (Å²) in [6.07, 6.45) is 0. The van der Waals surface area contributed by atoms with Crippen molar-refractivity contribution in [2.45, 2.75) is 6.54 Å². The molecular formula is C10H10ClN3S. The first-order valence-corrected chi connectivity index (χ1v) is 5.65. The summed E-state index contributed by atoms with van der Waals surface area (Å²) in [5.74, 6) is 0. The Labute approximate surface area is 97.5 Å². The van der Waals surface area contributed by atoms with Crippen molar-refractivity contribution in [2.75, 3.05) is 11.9 Å². The predicted octanol–water partition coefficient (Wildman–Crippen LogP) is 2.83. The second-order valence-corrected chi connectivity index (χ2v) is 4.54. The van der Waals surface area contributed by atoms with Gasteiger partial charge in [0.2, 0.25) is 0 Å². The molecule has 1 aromatic heterocycles. The first-order valence-electron chi connectivity index (χ1n) is 4.50. The number of halogens is 1. The SMILES string of the molecule is CN(Cc1nnsc1Cl)c1ccccc1. The van der Waals surface area contributed by atoms with Gasteiger partial charge in [0.15, 0.2) is 0 Å². The standard InChI is InChI=1S/C10H10ClN3S/c1-14(8-5-3-2-4-6-8)7-9-10(11)15-13-12-9/h2-6H,7H2,1H3. The lowest BCUT2D eigenvalue weighted by atomic mass is 10.3. The van der Waals surface area contributed by atoms with Gasteiger partial charge in [-0.2, -0.15) is 0 Å². The number of para-hydroxylation sites is 1. The minimum atomic E-state index is 0.665. The summed E-state index contributed by atoms with van der Waals surface area (Å²) in [7, 11) is 2.00. The van der Waals surface area contributed by atoms with E-state index >= 15 is 0 Å². The number of nitrogens with zero attached hydrogens (tertiary/aromatic N) is 3. The summed E-state index contributed by atoms with van der Waals surface area (Å²) in [6.45, 7) is 0.680. The van der Waals surface area contributed by atoms with Crippen molar-refractivity contribution < 1.29 is 0 Å². The molecule has 0 aliphatic rings. The first-order chi connectivity index (χ1) is 7.27. The minimum absolute atomic E-state index is 0.665. The Balaban J connectivity index is 2.11. The maximum atomic E-state index is 5.94. The summed E-state index contributed by atoms with van der Waals surface area (Å²) in [5, 5.41) is 3.98. The molecule has 0 atom stereocenters. The van der Waals surface area contributed by atoms with Crippen molar-refractivity contribution in [1.29, 1.82) is 0 Å². The van der Waals surface area contributed by atoms with Gasteiger partial charge < -0.3 is 4.90 Å². The van der Waals surface area contributed by atoms with Gasteiger partial charge in [0.25, 0.3) is 0 Å². The number of benzene rings is 1. The molecule has 5 heteroatoms. The minimum Gasteiger partial charge on any atom is -0.369 e. The van der Waals surface area contributed by atoms with Gasteiger partial charge in [-0.3, -0.25) is 0 Å². The first kappa shape index (κ1) is 10.4. The maximum Gasteiger partial charge on any atom is 0.139 e. The fraction of sp³-hybridized carbons (Fsp3) is 0.200. The van der Waals surface area contributed by atoms with Gasteiger partial charge in [-0.25, -0.2) is 0 Å². The summed E-state index contributed by atoms with van der Waals surface area (Å²) in [6, 6.07) is 10.1. The van der Waals surface area contributed by atoms with Crippen molar-refractivity contribution >= 4 is 28.8 Å². The van der Waals surface area contributed by atoms with Gasteiger partial charge >= 0.3 is 0 Å². The largest absolute Gasteiger partial charge is 0.369 e. The number of hydrogen-bond acceptors (Lipinski definition) is 4. The molecule has 3 nitrogen and oxygen atoms in total. The maximum absolute atomic E-state index is 5.94. The highest BCUT2D eigenvalue weighted by Crippen LogP contribution is 2.21. The Hall–Kier alpha value is -1.13. The third kappa shape index (κ3) is 2.46. The Morgan fingerprint density at radius 2 is 2.07 bits per heavy atom. The van der Waals surface area contributed by atoms with E-state index < -0.39 is 0 Å². The molecule has 2 rings (SSSR count). The molecule has 0 N–H and O–H groups in total. The lowest BCUT2D eigenvalue weighted by molar-refractivity contribution is 0.873. The van der Waals surface area contributed by atoms with Crippen LogP contribution >= 0.6 is 23.1 Å². The van der Waals surface area contributed by atoms with Crippen LogP contribution < -0.4 is 4.90 Å². The van der Waals surface area contributed by atoms with Crippen LogP contribution in [0.5, 0.6) is 0 Å². The van der Waals surface area contributed by atoms with E-state index in [2.05, 4.69) is 14.5 Å². The fourth-order valence-electron chi connectivity index (χ4n) is 1.29. The van der Waals surface area contributed by atoms with E-state index in [1.807, 2.05) is 37.4 Å². The van der Waals surface area contributed by atoms with Gasteiger partial charge in [0, 0.05) is 24.3 Å². The molecule has 0 fully saturated rings. The second kappa shape index (κ2) is 4.59. The van der Waals surface area contributed by atoms with Crippen molar-refractivity contribution in [3.8, 4) is 0 Å². The van der Waals surface area contributed by atoms with Gasteiger partial charge in [-0.15, -0.1) is 5.10 Å². The highest BCUT2D eigenvalue weighted by atomic mass is 35.5. The Kier molecular flexibility index (Phi) is 3.18. The number of anilines is 1. The highest BCUT2D eigenvalue weighted by Gasteiger charge is 2.08. The average molecular weight is 240 g/mol. The smallest absolute Gasteiger partial charge is 0.139 e. The zero-order chi connectivity index (χ0) is 10.7. The zero-order valence-electron chi connectivity index (χ0n) is 8.22. The normalized spacial score (nSPS) is 10.3. The van der Waals surface area contributed by atoms with Gasteiger partial charge in [0.1, 0.15) is 10.0 Å². The van der Waals surface area contributed by atoms with Crippen LogP contribution in [0, 0.1) is 0 Å². The van der Waals surface area contributed by atoms with Crippen molar-refractivity contribution in [1.82, 2.24) is 9.59 Å². The molecule has 0 spiro atoms. The van der Waals surface area contributed by atoms with E-state index in [0.29, 0.717) is 10.9 Å². The average Bonchev–Trinajstić information content (AvgIpc) is 2.66. The molecule has 0 saturated heterocycles. The van der Waals surface area contributed by atoms with Crippen molar-refractivity contribution in [3.63, 3.8) is 0 Å². The van der Waals surface area contributed by atoms with Crippen LogP contribution in [0.3, 0.4) is 0 Å². The van der Waals surface area contributed by atoms with Crippen LogP contribution in [-0.2, 0) is 6.54 Å². The van der Waals surface area contributed by atoms with Crippen LogP contribution in [0.1, 0.15) is 5.69 Å². The van der Waals surface area contributed by atoms with Crippen molar-refractivity contribution in [2.24, 2.45) is 0 Å². The van der Waals surface area contributed by atoms with Crippen LogP contribution in [0.25, 0.3) is 0 Å². The molecule has 0 unspecified atom stereocenters. The van der Waals surface area contributed by atoms with Crippen LogP contribution in [0.4, 0.5) is 5.69 Å². The molecule has 0 aliphatic heterocycles. The molecule has 78 valence electrons. The van der Waals surface area contributed by atoms with Crippen molar-refractivity contribution in [3.05, 3.63) is 40.4 Å². The quantitative estimate of drug-likeness (QED) is 0.825. The van der Waals surface area contributed by atoms with Crippen LogP contribution in [0.15, 0.2) is 30.3 Å². The number of rotatable bonds is 3. The van der Waals surface area contributed by atoms with Gasteiger partial charge in [0.05, 0.1) is 6.54 Å². The molecule has 2 aromatic rings. The van der Waals surface area contributed by atoms with E-state index in [-0.39, 0.29) is 0 Å². The molecule has 0 bridgehead atoms. The number of aromatic nitrogens is 2. The lowest BCUT2D eigenvalue weighted by Crippen LogP contribution is -2.16. The predicted molar refractivity (Wildman–Crippen MR) is 63.5 cm³/mol. The van der Waals surface area contributed by atoms with E-state index in [1.165, 1.54) is 11.5 Å². The van der Waals surface area contributed by atoms with Gasteiger partial charge in [-0.05, 0) is 12.1 Å². The third-order valence-corrected chi connectivity index (χ3v) is 3.08. The topological polar surface area (TPSA) is 29.0 Å². The molecule has 0 amide bonds. The highest BCUT2D eigenvalue weighted by molar-refractivity contribution is 7.10. The Bertz CT molecular complexity index is 429. The monoisotopic (exact) mass is 239 g/mol. The number of hydrogen-bond donors (Lipinski definition) is 0. The molecule has 0 saturated carbocycles. The van der Waals surface area contributed by atoms with E-state index in [9.17, 15) is 0 Å². The van der Waals surface area contributed by atoms with Gasteiger partial charge in [-0.1, -0.05) is 34.3 Å². The lowest BCUT2D eigenvalue weighted by Gasteiger charge is -2.17. The molecule has 15 heavy (non-hydrogen) atoms. The van der Waals surface area contributed by atoms with E-state index in [1.54, 1.807) is 0 Å². The fourth-order valence-corrected chi connectivity index (χ4v) is 1.90. The molecule has 0 radical (unpaired) electrons. The second-order valence-electron chi connectivity index (χ2n) is 3.18. The Morgan fingerprint density at radius 3 is 2.67 bits per heavy atom. The van der Waals surface area contributed by atoms with E-state index in [4.69, 9.17) is 11.6 Å². The molecule has 0 aliphatic carbocycles. The zero-order valence-corrected chi connectivity index (χ0v) is 9.79. The molecule has 1 aromatic carbocycles. The molecule has 1 heterocycles. The van der Waals surface area contributed by atoms with Crippen LogP contribution in [-0.4, -0.2) is 16.6 Å². The summed E-state index contributed by atoms with van der Waals surface area (Å²) >= 11 is 7.16.